The molecule has 0 bridgehead atoms. The Balaban J connectivity index is 1.53. The Bertz CT molecular complexity index is 730. The fourth-order valence-electron chi connectivity index (χ4n) is 4.32. The predicted molar refractivity (Wildman–Crippen MR) is 93.0 cm³/mol. The van der Waals surface area contributed by atoms with E-state index in [9.17, 15) is 4.79 Å². The average molecular weight is 340 g/mol. The van der Waals surface area contributed by atoms with Crippen molar-refractivity contribution in [3.8, 4) is 5.69 Å². The van der Waals surface area contributed by atoms with Gasteiger partial charge in [0.25, 0.3) is 0 Å². The standard InChI is InChI=1S/C18H24N6O/c1-14(25)23-12-6-10-17(23)16-9-5-11-22(16)13-18-19-20-21-24(18)15-7-3-2-4-8-15/h2-4,7-8,16-17H,5-6,9-13H2,1H3/t16-,17+/m0/s1. The van der Waals surface area contributed by atoms with Crippen molar-refractivity contribution in [3.63, 3.8) is 0 Å². The topological polar surface area (TPSA) is 67.2 Å². The van der Waals surface area contributed by atoms with E-state index < -0.39 is 0 Å². The highest BCUT2D eigenvalue weighted by Gasteiger charge is 2.39. The van der Waals surface area contributed by atoms with Gasteiger partial charge in [-0.15, -0.1) is 5.10 Å². The third kappa shape index (κ3) is 3.16. The Labute approximate surface area is 147 Å². The van der Waals surface area contributed by atoms with E-state index in [1.165, 1.54) is 6.42 Å². The smallest absolute Gasteiger partial charge is 0.219 e. The van der Waals surface area contributed by atoms with Crippen molar-refractivity contribution in [2.45, 2.75) is 51.2 Å². The van der Waals surface area contributed by atoms with Gasteiger partial charge in [-0.2, -0.15) is 4.68 Å². The van der Waals surface area contributed by atoms with Gasteiger partial charge in [-0.3, -0.25) is 9.69 Å². The van der Waals surface area contributed by atoms with E-state index in [4.69, 9.17) is 0 Å². The van der Waals surface area contributed by atoms with Crippen molar-refractivity contribution in [3.05, 3.63) is 36.2 Å². The monoisotopic (exact) mass is 340 g/mol. The van der Waals surface area contributed by atoms with Gasteiger partial charge in [-0.1, -0.05) is 18.2 Å². The van der Waals surface area contributed by atoms with Gasteiger partial charge in [0.05, 0.1) is 12.2 Å². The summed E-state index contributed by atoms with van der Waals surface area (Å²) in [6.07, 6.45) is 4.52. The number of amides is 1. The van der Waals surface area contributed by atoms with Gasteiger partial charge in [0.15, 0.2) is 5.82 Å². The highest BCUT2D eigenvalue weighted by atomic mass is 16.2. The Kier molecular flexibility index (Phi) is 4.48. The summed E-state index contributed by atoms with van der Waals surface area (Å²) in [5.74, 6) is 1.05. The lowest BCUT2D eigenvalue weighted by Gasteiger charge is -2.34. The van der Waals surface area contributed by atoms with Gasteiger partial charge in [0.2, 0.25) is 5.91 Å². The van der Waals surface area contributed by atoms with Gasteiger partial charge < -0.3 is 4.90 Å². The number of hydrogen-bond acceptors (Lipinski definition) is 5. The summed E-state index contributed by atoms with van der Waals surface area (Å²) in [5, 5.41) is 12.3. The Hall–Kier alpha value is -2.28. The van der Waals surface area contributed by atoms with Gasteiger partial charge in [-0.05, 0) is 54.8 Å². The molecule has 1 amide bonds. The minimum atomic E-state index is 0.198. The molecule has 2 atom stereocenters. The van der Waals surface area contributed by atoms with Gasteiger partial charge in [0.1, 0.15) is 0 Å². The zero-order valence-corrected chi connectivity index (χ0v) is 14.6. The van der Waals surface area contributed by atoms with Crippen LogP contribution in [-0.2, 0) is 11.3 Å². The molecule has 2 aromatic rings. The van der Waals surface area contributed by atoms with E-state index in [1.807, 2.05) is 35.0 Å². The Morgan fingerprint density at radius 2 is 1.88 bits per heavy atom. The maximum atomic E-state index is 11.9. The summed E-state index contributed by atoms with van der Waals surface area (Å²) in [7, 11) is 0. The van der Waals surface area contributed by atoms with Gasteiger partial charge in [-0.25, -0.2) is 0 Å². The number of likely N-dealkylation sites (tertiary alicyclic amines) is 2. The van der Waals surface area contributed by atoms with Gasteiger partial charge in [0, 0.05) is 25.6 Å². The first-order valence-electron chi connectivity index (χ1n) is 9.08. The molecule has 7 nitrogen and oxygen atoms in total. The van der Waals surface area contributed by atoms with Crippen LogP contribution < -0.4 is 0 Å². The van der Waals surface area contributed by atoms with E-state index in [0.717, 1.165) is 50.4 Å². The van der Waals surface area contributed by atoms with Crippen LogP contribution in [0.25, 0.3) is 5.69 Å². The molecule has 7 heteroatoms. The number of benzene rings is 1. The lowest BCUT2D eigenvalue weighted by atomic mass is 10.0. The Morgan fingerprint density at radius 3 is 2.68 bits per heavy atom. The number of nitrogens with zero attached hydrogens (tertiary/aromatic N) is 6. The fourth-order valence-corrected chi connectivity index (χ4v) is 4.32. The summed E-state index contributed by atoms with van der Waals surface area (Å²) in [4.78, 5) is 16.5. The van der Waals surface area contributed by atoms with Crippen LogP contribution in [-0.4, -0.2) is 61.1 Å². The molecule has 3 heterocycles. The molecule has 2 aliphatic heterocycles. The second kappa shape index (κ2) is 6.92. The Morgan fingerprint density at radius 1 is 1.12 bits per heavy atom. The summed E-state index contributed by atoms with van der Waals surface area (Å²) >= 11 is 0. The van der Waals surface area contributed by atoms with Crippen LogP contribution in [0, 0.1) is 0 Å². The molecule has 1 aromatic heterocycles. The number of hydrogen-bond donors (Lipinski definition) is 0. The molecule has 0 spiro atoms. The predicted octanol–water partition coefficient (Wildman–Crippen LogP) is 1.64. The van der Waals surface area contributed by atoms with Crippen LogP contribution in [0.3, 0.4) is 0 Å². The van der Waals surface area contributed by atoms with E-state index in [-0.39, 0.29) is 5.91 Å². The highest BCUT2D eigenvalue weighted by Crippen LogP contribution is 2.31. The first-order chi connectivity index (χ1) is 12.2. The summed E-state index contributed by atoms with van der Waals surface area (Å²) in [5.41, 5.74) is 0.976. The molecule has 1 aromatic carbocycles. The SMILES string of the molecule is CC(=O)N1CCC[C@@H]1[C@@H]1CCCN1Cc1nnnn1-c1ccccc1. The third-order valence-corrected chi connectivity index (χ3v) is 5.44. The maximum absolute atomic E-state index is 11.9. The zero-order valence-electron chi connectivity index (χ0n) is 14.6. The molecule has 25 heavy (non-hydrogen) atoms. The molecule has 2 fully saturated rings. The number of carbonyl (C=O) groups excluding carboxylic acids is 1. The van der Waals surface area contributed by atoms with Crippen molar-refractivity contribution in [2.75, 3.05) is 13.1 Å². The average Bonchev–Trinajstić information content (AvgIpc) is 3.36. The van der Waals surface area contributed by atoms with Crippen LogP contribution in [0.4, 0.5) is 0 Å². The first kappa shape index (κ1) is 16.2. The molecule has 2 saturated heterocycles. The lowest BCUT2D eigenvalue weighted by molar-refractivity contribution is -0.130. The van der Waals surface area contributed by atoms with E-state index >= 15 is 0 Å². The van der Waals surface area contributed by atoms with Crippen LogP contribution >= 0.6 is 0 Å². The molecule has 0 unspecified atom stereocenters. The van der Waals surface area contributed by atoms with Crippen molar-refractivity contribution in [1.82, 2.24) is 30.0 Å². The quantitative estimate of drug-likeness (QED) is 0.846. The highest BCUT2D eigenvalue weighted by molar-refractivity contribution is 5.74. The van der Waals surface area contributed by atoms with Crippen LogP contribution in [0.5, 0.6) is 0 Å². The van der Waals surface area contributed by atoms with Gasteiger partial charge >= 0.3 is 0 Å². The maximum Gasteiger partial charge on any atom is 0.219 e. The molecule has 0 saturated carbocycles. The van der Waals surface area contributed by atoms with Crippen LogP contribution in [0.1, 0.15) is 38.4 Å². The molecule has 4 rings (SSSR count). The van der Waals surface area contributed by atoms with E-state index in [2.05, 4.69) is 25.3 Å². The second-order valence-electron chi connectivity index (χ2n) is 6.94. The summed E-state index contributed by atoms with van der Waals surface area (Å²) in [6.45, 7) is 4.34. The van der Waals surface area contributed by atoms with E-state index in [1.54, 1.807) is 6.92 Å². The fraction of sp³-hybridized carbons (Fsp3) is 0.556. The minimum absolute atomic E-state index is 0.198. The molecule has 0 aliphatic carbocycles. The first-order valence-corrected chi connectivity index (χ1v) is 9.08. The molecule has 0 radical (unpaired) electrons. The van der Waals surface area contributed by atoms with Crippen molar-refractivity contribution in [2.24, 2.45) is 0 Å². The molecule has 0 N–H and O–H groups in total. The second-order valence-corrected chi connectivity index (χ2v) is 6.94. The lowest BCUT2D eigenvalue weighted by Crippen LogP contribution is -2.47. The molecular weight excluding hydrogens is 316 g/mol. The molecule has 2 aliphatic rings. The van der Waals surface area contributed by atoms with Crippen LogP contribution in [0.2, 0.25) is 0 Å². The van der Waals surface area contributed by atoms with Crippen molar-refractivity contribution >= 4 is 5.91 Å². The summed E-state index contributed by atoms with van der Waals surface area (Å²) < 4.78 is 1.81. The molecular formula is C18H24N6O. The van der Waals surface area contributed by atoms with E-state index in [0.29, 0.717) is 12.1 Å². The van der Waals surface area contributed by atoms with Crippen molar-refractivity contribution < 1.29 is 4.79 Å². The third-order valence-electron chi connectivity index (χ3n) is 5.44. The summed E-state index contributed by atoms with van der Waals surface area (Å²) in [6, 6.07) is 10.7. The number of para-hydroxylation sites is 1. The largest absolute Gasteiger partial charge is 0.338 e. The number of carbonyl (C=O) groups is 1. The molecule has 132 valence electrons. The number of tetrazole rings is 1. The number of aromatic nitrogens is 4. The minimum Gasteiger partial charge on any atom is -0.338 e. The van der Waals surface area contributed by atoms with Crippen molar-refractivity contribution in [1.29, 1.82) is 0 Å². The normalized spacial score (nSPS) is 24.1. The van der Waals surface area contributed by atoms with Crippen LogP contribution in [0.15, 0.2) is 30.3 Å². The zero-order chi connectivity index (χ0) is 17.2. The number of rotatable bonds is 4.